The highest BCUT2D eigenvalue weighted by atomic mass is 35.5. The van der Waals surface area contributed by atoms with E-state index in [2.05, 4.69) is 27.5 Å². The Balaban J connectivity index is 1.80. The number of anilines is 2. The first-order chi connectivity index (χ1) is 11.0. The number of nitrogens with one attached hydrogen (secondary N) is 1. The van der Waals surface area contributed by atoms with Gasteiger partial charge in [-0.2, -0.15) is 0 Å². The molecular weight excluding hydrogens is 310 g/mol. The predicted molar refractivity (Wildman–Crippen MR) is 95.8 cm³/mol. The van der Waals surface area contributed by atoms with Crippen LogP contribution >= 0.6 is 11.6 Å². The molecule has 122 valence electrons. The topological polar surface area (TPSA) is 67.1 Å². The van der Waals surface area contributed by atoms with Gasteiger partial charge in [0, 0.05) is 28.9 Å². The maximum absolute atomic E-state index is 6.05. The lowest BCUT2D eigenvalue weighted by molar-refractivity contribution is 0.260. The fraction of sp³-hybridized carbons (Fsp3) is 0.412. The Morgan fingerprint density at radius 3 is 2.83 bits per heavy atom. The number of piperidine rings is 1. The van der Waals surface area contributed by atoms with Gasteiger partial charge >= 0.3 is 0 Å². The third kappa shape index (κ3) is 3.74. The molecule has 0 amide bonds. The van der Waals surface area contributed by atoms with Crippen LogP contribution in [0.15, 0.2) is 24.3 Å². The molecule has 0 radical (unpaired) electrons. The summed E-state index contributed by atoms with van der Waals surface area (Å²) < 4.78 is 0. The highest BCUT2D eigenvalue weighted by Crippen LogP contribution is 2.29. The molecule has 0 bridgehead atoms. The van der Waals surface area contributed by atoms with Gasteiger partial charge in [0.2, 0.25) is 0 Å². The van der Waals surface area contributed by atoms with Crippen molar-refractivity contribution < 1.29 is 0 Å². The number of likely N-dealkylation sites (tertiary alicyclic amines) is 1. The van der Waals surface area contributed by atoms with Gasteiger partial charge in [-0.1, -0.05) is 11.6 Å². The summed E-state index contributed by atoms with van der Waals surface area (Å²) >= 11 is 5.96. The second kappa shape index (κ2) is 6.72. The number of hydrogen-bond acceptors (Lipinski definition) is 5. The molecule has 1 atom stereocenters. The van der Waals surface area contributed by atoms with E-state index < -0.39 is 0 Å². The van der Waals surface area contributed by atoms with Crippen LogP contribution in [-0.4, -0.2) is 41.3 Å². The summed E-state index contributed by atoms with van der Waals surface area (Å²) in [6.45, 7) is 4.22. The number of nitrogen functional groups attached to an aromatic ring is 1. The molecule has 3 rings (SSSR count). The number of rotatable bonds is 3. The van der Waals surface area contributed by atoms with Crippen LogP contribution < -0.4 is 11.1 Å². The van der Waals surface area contributed by atoms with Crippen molar-refractivity contribution in [1.29, 1.82) is 0 Å². The second-order valence-corrected chi connectivity index (χ2v) is 6.67. The first-order valence-corrected chi connectivity index (χ1v) is 8.25. The summed E-state index contributed by atoms with van der Waals surface area (Å²) in [4.78, 5) is 2.34. The Labute approximate surface area is 141 Å². The van der Waals surface area contributed by atoms with E-state index >= 15 is 0 Å². The van der Waals surface area contributed by atoms with Gasteiger partial charge in [-0.3, -0.25) is 0 Å². The Morgan fingerprint density at radius 2 is 2.13 bits per heavy atom. The standard InChI is InChI=1S/C17H22ClN5/c1-11-8-16(20-13-4-3-7-23(2)10-13)21-22-17(11)14-6-5-12(18)9-15(14)19/h5-6,8-9,13H,3-4,7,10,19H2,1-2H3,(H,20,21)/t13-/m1/s1. The van der Waals surface area contributed by atoms with Crippen molar-refractivity contribution in [1.82, 2.24) is 15.1 Å². The van der Waals surface area contributed by atoms with E-state index in [9.17, 15) is 0 Å². The number of likely N-dealkylation sites (N-methyl/N-ethyl adjacent to an activating group) is 1. The van der Waals surface area contributed by atoms with Gasteiger partial charge in [-0.05, 0) is 63.2 Å². The van der Waals surface area contributed by atoms with Gasteiger partial charge < -0.3 is 16.0 Å². The lowest BCUT2D eigenvalue weighted by atomic mass is 10.0. The van der Waals surface area contributed by atoms with Crippen LogP contribution in [0.4, 0.5) is 11.5 Å². The predicted octanol–water partition coefficient (Wildman–Crippen LogP) is 3.19. The van der Waals surface area contributed by atoms with Crippen molar-refractivity contribution in [3.8, 4) is 11.3 Å². The molecule has 1 saturated heterocycles. The zero-order valence-corrected chi connectivity index (χ0v) is 14.3. The molecule has 23 heavy (non-hydrogen) atoms. The van der Waals surface area contributed by atoms with E-state index in [-0.39, 0.29) is 0 Å². The Hall–Kier alpha value is -1.85. The molecule has 1 fully saturated rings. The maximum atomic E-state index is 6.05. The van der Waals surface area contributed by atoms with Crippen LogP contribution in [0.2, 0.25) is 5.02 Å². The zero-order valence-electron chi connectivity index (χ0n) is 13.5. The molecule has 2 heterocycles. The molecule has 3 N–H and O–H groups in total. The first kappa shape index (κ1) is 16.0. The normalized spacial score (nSPS) is 18.8. The van der Waals surface area contributed by atoms with Gasteiger partial charge in [0.1, 0.15) is 5.82 Å². The molecule has 0 unspecified atom stereocenters. The van der Waals surface area contributed by atoms with E-state index in [4.69, 9.17) is 17.3 Å². The van der Waals surface area contributed by atoms with Crippen molar-refractivity contribution in [3.05, 3.63) is 34.9 Å². The first-order valence-electron chi connectivity index (χ1n) is 7.88. The van der Waals surface area contributed by atoms with Crippen LogP contribution in [0.25, 0.3) is 11.3 Å². The molecule has 1 aromatic heterocycles. The van der Waals surface area contributed by atoms with E-state index in [0.29, 0.717) is 16.8 Å². The summed E-state index contributed by atoms with van der Waals surface area (Å²) in [6, 6.07) is 7.90. The van der Waals surface area contributed by atoms with Gasteiger partial charge in [0.15, 0.2) is 0 Å². The van der Waals surface area contributed by atoms with Crippen LogP contribution in [0.3, 0.4) is 0 Å². The third-order valence-electron chi connectivity index (χ3n) is 4.23. The molecular formula is C17H22ClN5. The Kier molecular flexibility index (Phi) is 4.68. The summed E-state index contributed by atoms with van der Waals surface area (Å²) in [6.07, 6.45) is 2.37. The fourth-order valence-electron chi connectivity index (χ4n) is 3.06. The number of aromatic nitrogens is 2. The van der Waals surface area contributed by atoms with Crippen molar-refractivity contribution in [2.24, 2.45) is 0 Å². The smallest absolute Gasteiger partial charge is 0.149 e. The molecule has 1 aliphatic heterocycles. The van der Waals surface area contributed by atoms with Crippen LogP contribution in [0.5, 0.6) is 0 Å². The van der Waals surface area contributed by atoms with Crippen LogP contribution in [0.1, 0.15) is 18.4 Å². The molecule has 0 saturated carbocycles. The third-order valence-corrected chi connectivity index (χ3v) is 4.46. The van der Waals surface area contributed by atoms with Crippen molar-refractivity contribution in [2.45, 2.75) is 25.8 Å². The average molecular weight is 332 g/mol. The monoisotopic (exact) mass is 331 g/mol. The molecule has 5 nitrogen and oxygen atoms in total. The Morgan fingerprint density at radius 1 is 1.30 bits per heavy atom. The minimum atomic E-state index is 0.425. The molecule has 1 aromatic carbocycles. The van der Waals surface area contributed by atoms with Gasteiger partial charge in [-0.25, -0.2) is 0 Å². The maximum Gasteiger partial charge on any atom is 0.149 e. The Bertz CT molecular complexity index is 703. The SMILES string of the molecule is Cc1cc(N[C@@H]2CCCN(C)C2)nnc1-c1ccc(Cl)cc1N. The molecule has 6 heteroatoms. The number of nitrogens with two attached hydrogens (primary N) is 1. The van der Waals surface area contributed by atoms with E-state index in [1.807, 2.05) is 25.1 Å². The molecule has 2 aromatic rings. The summed E-state index contributed by atoms with van der Waals surface area (Å²) in [7, 11) is 2.15. The van der Waals surface area contributed by atoms with E-state index in [0.717, 1.165) is 42.1 Å². The van der Waals surface area contributed by atoms with Crippen LogP contribution in [-0.2, 0) is 0 Å². The van der Waals surface area contributed by atoms with Crippen LogP contribution in [0, 0.1) is 6.92 Å². The largest absolute Gasteiger partial charge is 0.398 e. The van der Waals surface area contributed by atoms with E-state index in [1.54, 1.807) is 6.07 Å². The lowest BCUT2D eigenvalue weighted by Crippen LogP contribution is -2.39. The number of benzene rings is 1. The second-order valence-electron chi connectivity index (χ2n) is 6.24. The number of halogens is 1. The number of aryl methyl sites for hydroxylation is 1. The highest BCUT2D eigenvalue weighted by molar-refractivity contribution is 6.31. The van der Waals surface area contributed by atoms with Gasteiger partial charge in [-0.15, -0.1) is 10.2 Å². The van der Waals surface area contributed by atoms with Crippen molar-refractivity contribution in [3.63, 3.8) is 0 Å². The lowest BCUT2D eigenvalue weighted by Gasteiger charge is -2.30. The number of nitrogens with zero attached hydrogens (tertiary/aromatic N) is 3. The minimum absolute atomic E-state index is 0.425. The summed E-state index contributed by atoms with van der Waals surface area (Å²) in [5, 5.41) is 12.8. The molecule has 1 aliphatic rings. The summed E-state index contributed by atoms with van der Waals surface area (Å²) in [5.41, 5.74) is 9.37. The molecule has 0 aliphatic carbocycles. The van der Waals surface area contributed by atoms with Crippen molar-refractivity contribution >= 4 is 23.1 Å². The zero-order chi connectivity index (χ0) is 16.4. The van der Waals surface area contributed by atoms with E-state index in [1.165, 1.54) is 6.42 Å². The van der Waals surface area contributed by atoms with Gasteiger partial charge in [0.05, 0.1) is 5.69 Å². The average Bonchev–Trinajstić information content (AvgIpc) is 2.48. The summed E-state index contributed by atoms with van der Waals surface area (Å²) in [5.74, 6) is 0.819. The van der Waals surface area contributed by atoms with Gasteiger partial charge in [0.25, 0.3) is 0 Å². The number of hydrogen-bond donors (Lipinski definition) is 2. The quantitative estimate of drug-likeness (QED) is 0.845. The highest BCUT2D eigenvalue weighted by Gasteiger charge is 2.18. The molecule has 0 spiro atoms. The van der Waals surface area contributed by atoms with Crippen molar-refractivity contribution in [2.75, 3.05) is 31.2 Å². The fourth-order valence-corrected chi connectivity index (χ4v) is 3.24. The minimum Gasteiger partial charge on any atom is -0.398 e.